The molecule has 6 heteroatoms. The Bertz CT molecular complexity index is 618. The zero-order valence-corrected chi connectivity index (χ0v) is 13.4. The van der Waals surface area contributed by atoms with E-state index in [9.17, 15) is 12.8 Å². The van der Waals surface area contributed by atoms with E-state index < -0.39 is 9.84 Å². The number of ether oxygens (including phenoxy) is 1. The molecule has 1 atom stereocenters. The molecule has 22 heavy (non-hydrogen) atoms. The van der Waals surface area contributed by atoms with Gasteiger partial charge in [0.25, 0.3) is 0 Å². The molecule has 0 radical (unpaired) electrons. The molecule has 1 fully saturated rings. The number of sulfone groups is 1. The summed E-state index contributed by atoms with van der Waals surface area (Å²) < 4.78 is 41.9. The van der Waals surface area contributed by atoms with Gasteiger partial charge in [-0.2, -0.15) is 0 Å². The van der Waals surface area contributed by atoms with Crippen molar-refractivity contribution in [2.75, 3.05) is 24.7 Å². The van der Waals surface area contributed by atoms with E-state index >= 15 is 0 Å². The standard InChI is InChI=1S/C16H22FNO3S/c17-13-3-4-14-15(2-1-7-21-16(14)10-13)18-11-12-5-8-22(19,20)9-6-12/h3-4,10,12,15,18H,1-2,5-9,11H2/t15-/m0/s1. The summed E-state index contributed by atoms with van der Waals surface area (Å²) in [5, 5.41) is 3.54. The number of hydrogen-bond donors (Lipinski definition) is 1. The topological polar surface area (TPSA) is 55.4 Å². The van der Waals surface area contributed by atoms with Crippen molar-refractivity contribution in [3.63, 3.8) is 0 Å². The van der Waals surface area contributed by atoms with Gasteiger partial charge >= 0.3 is 0 Å². The molecule has 0 aromatic heterocycles. The summed E-state index contributed by atoms with van der Waals surface area (Å²) in [5.41, 5.74) is 1.00. The number of hydrogen-bond acceptors (Lipinski definition) is 4. The highest BCUT2D eigenvalue weighted by Gasteiger charge is 2.25. The minimum atomic E-state index is -2.81. The lowest BCUT2D eigenvalue weighted by molar-refractivity contribution is 0.313. The second-order valence-corrected chi connectivity index (χ2v) is 8.53. The molecule has 3 rings (SSSR count). The van der Waals surface area contributed by atoms with E-state index in [-0.39, 0.29) is 11.9 Å². The van der Waals surface area contributed by atoms with Crippen LogP contribution in [0.4, 0.5) is 4.39 Å². The third-order valence-corrected chi connectivity index (χ3v) is 6.29. The van der Waals surface area contributed by atoms with Gasteiger partial charge in [0.1, 0.15) is 21.4 Å². The van der Waals surface area contributed by atoms with Gasteiger partial charge in [0, 0.05) is 17.7 Å². The van der Waals surface area contributed by atoms with Gasteiger partial charge in [-0.1, -0.05) is 6.07 Å². The summed E-state index contributed by atoms with van der Waals surface area (Å²) in [7, 11) is -2.81. The van der Waals surface area contributed by atoms with Crippen molar-refractivity contribution in [1.29, 1.82) is 0 Å². The van der Waals surface area contributed by atoms with Crippen molar-refractivity contribution in [1.82, 2.24) is 5.32 Å². The fourth-order valence-corrected chi connectivity index (χ4v) is 4.80. The van der Waals surface area contributed by atoms with E-state index in [4.69, 9.17) is 4.74 Å². The highest BCUT2D eigenvalue weighted by molar-refractivity contribution is 7.91. The lowest BCUT2D eigenvalue weighted by Crippen LogP contribution is -2.32. The lowest BCUT2D eigenvalue weighted by Gasteiger charge is -2.25. The van der Waals surface area contributed by atoms with Gasteiger partial charge in [0.2, 0.25) is 0 Å². The van der Waals surface area contributed by atoms with Crippen LogP contribution in [-0.4, -0.2) is 33.1 Å². The molecule has 122 valence electrons. The van der Waals surface area contributed by atoms with Crippen molar-refractivity contribution in [2.24, 2.45) is 5.92 Å². The van der Waals surface area contributed by atoms with Crippen molar-refractivity contribution < 1.29 is 17.5 Å². The van der Waals surface area contributed by atoms with Gasteiger partial charge in [-0.25, -0.2) is 12.8 Å². The van der Waals surface area contributed by atoms with E-state index in [0.717, 1.165) is 37.8 Å². The van der Waals surface area contributed by atoms with Gasteiger partial charge in [-0.15, -0.1) is 0 Å². The molecular formula is C16H22FNO3S. The van der Waals surface area contributed by atoms with Crippen LogP contribution >= 0.6 is 0 Å². The van der Waals surface area contributed by atoms with E-state index in [2.05, 4.69) is 5.32 Å². The van der Waals surface area contributed by atoms with E-state index in [1.54, 1.807) is 6.07 Å². The Hall–Kier alpha value is -1.14. The largest absolute Gasteiger partial charge is 0.493 e. The number of nitrogens with one attached hydrogen (secondary N) is 1. The van der Waals surface area contributed by atoms with Crippen LogP contribution < -0.4 is 10.1 Å². The Morgan fingerprint density at radius 1 is 1.23 bits per heavy atom. The van der Waals surface area contributed by atoms with E-state index in [1.165, 1.54) is 12.1 Å². The monoisotopic (exact) mass is 327 g/mol. The molecule has 1 N–H and O–H groups in total. The lowest BCUT2D eigenvalue weighted by atomic mass is 9.98. The van der Waals surface area contributed by atoms with Gasteiger partial charge in [0.15, 0.2) is 0 Å². The quantitative estimate of drug-likeness (QED) is 0.926. The highest BCUT2D eigenvalue weighted by atomic mass is 32.2. The van der Waals surface area contributed by atoms with Crippen LogP contribution in [0.3, 0.4) is 0 Å². The summed E-state index contributed by atoms with van der Waals surface area (Å²) in [5.74, 6) is 1.35. The molecule has 0 spiro atoms. The van der Waals surface area contributed by atoms with Crippen LogP contribution in [0.25, 0.3) is 0 Å². The smallest absolute Gasteiger partial charge is 0.150 e. The Labute approximate surface area is 131 Å². The molecule has 1 aromatic rings. The molecule has 2 heterocycles. The van der Waals surface area contributed by atoms with E-state index in [0.29, 0.717) is 29.8 Å². The van der Waals surface area contributed by atoms with Crippen molar-refractivity contribution in [2.45, 2.75) is 31.7 Å². The van der Waals surface area contributed by atoms with E-state index in [1.807, 2.05) is 0 Å². The highest BCUT2D eigenvalue weighted by Crippen LogP contribution is 2.32. The first-order valence-electron chi connectivity index (χ1n) is 7.89. The predicted octanol–water partition coefficient (Wildman–Crippen LogP) is 2.45. The third kappa shape index (κ3) is 3.79. The molecule has 0 saturated carbocycles. The fourth-order valence-electron chi connectivity index (χ4n) is 3.21. The molecule has 0 unspecified atom stereocenters. The Balaban J connectivity index is 1.63. The molecule has 0 amide bonds. The molecular weight excluding hydrogens is 305 g/mol. The second-order valence-electron chi connectivity index (χ2n) is 6.23. The van der Waals surface area contributed by atoms with Crippen LogP contribution in [0.15, 0.2) is 18.2 Å². The van der Waals surface area contributed by atoms with Crippen LogP contribution in [0, 0.1) is 11.7 Å². The second kappa shape index (κ2) is 6.54. The number of rotatable bonds is 3. The maximum Gasteiger partial charge on any atom is 0.150 e. The maximum absolute atomic E-state index is 13.3. The summed E-state index contributed by atoms with van der Waals surface area (Å²) in [6.07, 6.45) is 3.33. The molecule has 0 aliphatic carbocycles. The minimum Gasteiger partial charge on any atom is -0.493 e. The molecule has 2 aliphatic rings. The van der Waals surface area contributed by atoms with Crippen molar-refractivity contribution in [3.05, 3.63) is 29.6 Å². The predicted molar refractivity (Wildman–Crippen MR) is 83.3 cm³/mol. The van der Waals surface area contributed by atoms with Crippen molar-refractivity contribution >= 4 is 9.84 Å². The molecule has 0 bridgehead atoms. The Morgan fingerprint density at radius 3 is 2.77 bits per heavy atom. The first-order valence-corrected chi connectivity index (χ1v) is 9.72. The maximum atomic E-state index is 13.3. The van der Waals surface area contributed by atoms with Crippen LogP contribution in [-0.2, 0) is 9.84 Å². The zero-order chi connectivity index (χ0) is 15.6. The zero-order valence-electron chi connectivity index (χ0n) is 12.6. The average molecular weight is 327 g/mol. The van der Waals surface area contributed by atoms with Gasteiger partial charge < -0.3 is 10.1 Å². The molecule has 1 aromatic carbocycles. The first kappa shape index (κ1) is 15.7. The SMILES string of the molecule is O=S1(=O)CCC(CN[C@H]2CCCOc3cc(F)ccc32)CC1. The minimum absolute atomic E-state index is 0.150. The van der Waals surface area contributed by atoms with Crippen LogP contribution in [0.1, 0.15) is 37.3 Å². The summed E-state index contributed by atoms with van der Waals surface area (Å²) >= 11 is 0. The molecule has 2 aliphatic heterocycles. The number of halogens is 1. The molecule has 1 saturated heterocycles. The van der Waals surface area contributed by atoms with Crippen LogP contribution in [0.2, 0.25) is 0 Å². The fraction of sp³-hybridized carbons (Fsp3) is 0.625. The number of fused-ring (bicyclic) bond motifs is 1. The summed E-state index contributed by atoms with van der Waals surface area (Å²) in [4.78, 5) is 0. The number of benzene rings is 1. The normalized spacial score (nSPS) is 25.0. The summed E-state index contributed by atoms with van der Waals surface area (Å²) in [6.45, 7) is 1.41. The molecule has 4 nitrogen and oxygen atoms in total. The average Bonchev–Trinajstić information content (AvgIpc) is 2.68. The van der Waals surface area contributed by atoms with Gasteiger partial charge in [-0.3, -0.25) is 0 Å². The summed E-state index contributed by atoms with van der Waals surface area (Å²) in [6, 6.07) is 4.85. The first-order chi connectivity index (χ1) is 10.5. The third-order valence-electron chi connectivity index (χ3n) is 4.57. The van der Waals surface area contributed by atoms with Gasteiger partial charge in [-0.05, 0) is 44.2 Å². The Kier molecular flexibility index (Phi) is 4.68. The van der Waals surface area contributed by atoms with Crippen LogP contribution in [0.5, 0.6) is 5.75 Å². The van der Waals surface area contributed by atoms with Gasteiger partial charge in [0.05, 0.1) is 18.1 Å². The van der Waals surface area contributed by atoms with Crippen molar-refractivity contribution in [3.8, 4) is 5.75 Å². The Morgan fingerprint density at radius 2 is 2.00 bits per heavy atom.